The Balaban J connectivity index is 1.96. The molecule has 1 aromatic carbocycles. The molecule has 2 atom stereocenters. The van der Waals surface area contributed by atoms with Crippen molar-refractivity contribution in [2.75, 3.05) is 5.32 Å². The summed E-state index contributed by atoms with van der Waals surface area (Å²) in [5, 5.41) is 13.7. The predicted octanol–water partition coefficient (Wildman–Crippen LogP) is 3.18. The zero-order valence-electron chi connectivity index (χ0n) is 12.1. The van der Waals surface area contributed by atoms with Crippen LogP contribution in [0.1, 0.15) is 35.5 Å². The van der Waals surface area contributed by atoms with Gasteiger partial charge in [-0.1, -0.05) is 31.2 Å². The fourth-order valence-electron chi connectivity index (χ4n) is 2.79. The van der Waals surface area contributed by atoms with Crippen molar-refractivity contribution in [3.63, 3.8) is 0 Å². The highest BCUT2D eigenvalue weighted by Gasteiger charge is 2.31. The molecular formula is C16H18BrN3O. The van der Waals surface area contributed by atoms with Crippen molar-refractivity contribution >= 4 is 21.7 Å². The fourth-order valence-corrected chi connectivity index (χ4v) is 3.09. The maximum atomic E-state index is 10.3. The third kappa shape index (κ3) is 2.68. The Hall–Kier alpha value is -1.46. The molecular weight excluding hydrogens is 330 g/mol. The van der Waals surface area contributed by atoms with Crippen LogP contribution < -0.4 is 5.32 Å². The molecule has 5 heteroatoms. The molecule has 110 valence electrons. The van der Waals surface area contributed by atoms with Gasteiger partial charge in [-0.05, 0) is 40.4 Å². The smallest absolute Gasteiger partial charge is 0.148 e. The van der Waals surface area contributed by atoms with E-state index in [-0.39, 0.29) is 6.04 Å². The van der Waals surface area contributed by atoms with Crippen LogP contribution in [0.15, 0.2) is 28.9 Å². The van der Waals surface area contributed by atoms with Crippen LogP contribution in [0.2, 0.25) is 0 Å². The quantitative estimate of drug-likeness (QED) is 0.895. The van der Waals surface area contributed by atoms with Crippen molar-refractivity contribution in [2.45, 2.75) is 38.8 Å². The third-order valence-electron chi connectivity index (χ3n) is 3.92. The van der Waals surface area contributed by atoms with Crippen molar-refractivity contribution in [1.82, 2.24) is 9.97 Å². The van der Waals surface area contributed by atoms with E-state index in [0.29, 0.717) is 6.42 Å². The van der Waals surface area contributed by atoms with Crippen LogP contribution in [0.3, 0.4) is 0 Å². The molecule has 4 nitrogen and oxygen atoms in total. The maximum absolute atomic E-state index is 10.3. The SMILES string of the molecule is CCc1nc(Br)c(C)nc1NC1c2ccccc2C[C@@H]1O. The Morgan fingerprint density at radius 1 is 1.33 bits per heavy atom. The summed E-state index contributed by atoms with van der Waals surface area (Å²) >= 11 is 3.42. The number of anilines is 1. The first-order valence-corrected chi connectivity index (χ1v) is 7.95. The summed E-state index contributed by atoms with van der Waals surface area (Å²) in [6.45, 7) is 3.97. The monoisotopic (exact) mass is 347 g/mol. The molecule has 0 fully saturated rings. The zero-order chi connectivity index (χ0) is 15.0. The number of nitrogens with zero attached hydrogens (tertiary/aromatic N) is 2. The highest BCUT2D eigenvalue weighted by atomic mass is 79.9. The van der Waals surface area contributed by atoms with Gasteiger partial charge in [0.05, 0.1) is 23.5 Å². The van der Waals surface area contributed by atoms with Crippen LogP contribution in [0, 0.1) is 6.92 Å². The molecule has 0 aliphatic heterocycles. The Morgan fingerprint density at radius 3 is 2.86 bits per heavy atom. The van der Waals surface area contributed by atoms with Crippen molar-refractivity contribution in [2.24, 2.45) is 0 Å². The topological polar surface area (TPSA) is 58.0 Å². The normalized spacial score (nSPS) is 20.4. The lowest BCUT2D eigenvalue weighted by molar-refractivity contribution is 0.165. The molecule has 0 spiro atoms. The highest BCUT2D eigenvalue weighted by Crippen LogP contribution is 2.34. The molecule has 21 heavy (non-hydrogen) atoms. The lowest BCUT2D eigenvalue weighted by atomic mass is 10.1. The van der Waals surface area contributed by atoms with Gasteiger partial charge in [-0.25, -0.2) is 9.97 Å². The molecule has 1 unspecified atom stereocenters. The lowest BCUT2D eigenvalue weighted by Gasteiger charge is -2.20. The van der Waals surface area contributed by atoms with Gasteiger partial charge in [0.2, 0.25) is 0 Å². The van der Waals surface area contributed by atoms with E-state index in [2.05, 4.69) is 50.3 Å². The largest absolute Gasteiger partial charge is 0.390 e. The first kappa shape index (κ1) is 14.5. The van der Waals surface area contributed by atoms with Crippen molar-refractivity contribution in [1.29, 1.82) is 0 Å². The number of fused-ring (bicyclic) bond motifs is 1. The van der Waals surface area contributed by atoms with Crippen LogP contribution in [0.5, 0.6) is 0 Å². The van der Waals surface area contributed by atoms with Gasteiger partial charge in [0.25, 0.3) is 0 Å². The van der Waals surface area contributed by atoms with Crippen LogP contribution in [-0.2, 0) is 12.8 Å². The number of aliphatic hydroxyl groups is 1. The summed E-state index contributed by atoms with van der Waals surface area (Å²) in [6.07, 6.45) is 1.04. The lowest BCUT2D eigenvalue weighted by Crippen LogP contribution is -2.23. The van der Waals surface area contributed by atoms with Crippen molar-refractivity contribution in [3.8, 4) is 0 Å². The second-order valence-electron chi connectivity index (χ2n) is 5.34. The molecule has 2 aromatic rings. The number of nitrogens with one attached hydrogen (secondary N) is 1. The second kappa shape index (κ2) is 5.73. The number of aryl methyl sites for hydroxylation is 2. The summed E-state index contributed by atoms with van der Waals surface area (Å²) in [5.41, 5.74) is 4.09. The number of benzene rings is 1. The van der Waals surface area contributed by atoms with E-state index in [1.807, 2.05) is 19.1 Å². The minimum absolute atomic E-state index is 0.124. The van der Waals surface area contributed by atoms with Gasteiger partial charge in [0, 0.05) is 6.42 Å². The fraction of sp³-hybridized carbons (Fsp3) is 0.375. The van der Waals surface area contributed by atoms with Gasteiger partial charge in [-0.3, -0.25) is 0 Å². The van der Waals surface area contributed by atoms with Gasteiger partial charge in [-0.15, -0.1) is 0 Å². The van der Waals surface area contributed by atoms with Crippen LogP contribution in [0.25, 0.3) is 0 Å². The molecule has 0 saturated heterocycles. The van der Waals surface area contributed by atoms with Crippen LogP contribution in [-0.4, -0.2) is 21.2 Å². The molecule has 1 aliphatic carbocycles. The third-order valence-corrected chi connectivity index (χ3v) is 4.67. The molecule has 0 radical (unpaired) electrons. The standard InChI is InChI=1S/C16H18BrN3O/c1-3-12-16(18-9(2)15(17)19-12)20-14-11-7-5-4-6-10(11)8-13(14)21/h4-7,13-14,21H,3,8H2,1-2H3,(H,18,20)/t13-,14?/m0/s1. The van der Waals surface area contributed by atoms with E-state index in [9.17, 15) is 5.11 Å². The van der Waals surface area contributed by atoms with Gasteiger partial charge >= 0.3 is 0 Å². The first-order valence-electron chi connectivity index (χ1n) is 7.15. The average molecular weight is 348 g/mol. The predicted molar refractivity (Wildman–Crippen MR) is 86.4 cm³/mol. The highest BCUT2D eigenvalue weighted by molar-refractivity contribution is 9.10. The van der Waals surface area contributed by atoms with Gasteiger partial charge < -0.3 is 10.4 Å². The number of aromatic nitrogens is 2. The molecule has 1 aliphatic rings. The van der Waals surface area contributed by atoms with Crippen LogP contribution >= 0.6 is 15.9 Å². The minimum atomic E-state index is -0.433. The molecule has 2 N–H and O–H groups in total. The summed E-state index contributed by atoms with van der Waals surface area (Å²) in [7, 11) is 0. The van der Waals surface area contributed by atoms with E-state index in [1.165, 1.54) is 5.56 Å². The van der Waals surface area contributed by atoms with Crippen molar-refractivity contribution in [3.05, 3.63) is 51.4 Å². The molecule has 0 amide bonds. The molecule has 0 saturated carbocycles. The second-order valence-corrected chi connectivity index (χ2v) is 6.09. The number of halogens is 1. The zero-order valence-corrected chi connectivity index (χ0v) is 13.7. The minimum Gasteiger partial charge on any atom is -0.390 e. The molecule has 1 heterocycles. The summed E-state index contributed by atoms with van der Waals surface area (Å²) in [5.74, 6) is 0.763. The van der Waals surface area contributed by atoms with E-state index >= 15 is 0 Å². The number of hydrogen-bond acceptors (Lipinski definition) is 4. The van der Waals surface area contributed by atoms with Crippen LogP contribution in [0.4, 0.5) is 5.82 Å². The molecule has 1 aromatic heterocycles. The maximum Gasteiger partial charge on any atom is 0.148 e. The number of rotatable bonds is 3. The Labute approximate surface area is 132 Å². The summed E-state index contributed by atoms with van der Waals surface area (Å²) in [6, 6.07) is 8.02. The van der Waals surface area contributed by atoms with E-state index in [0.717, 1.165) is 33.8 Å². The van der Waals surface area contributed by atoms with E-state index < -0.39 is 6.10 Å². The van der Waals surface area contributed by atoms with Crippen molar-refractivity contribution < 1.29 is 5.11 Å². The van der Waals surface area contributed by atoms with Gasteiger partial charge in [0.15, 0.2) is 0 Å². The average Bonchev–Trinajstić information content (AvgIpc) is 2.79. The summed E-state index contributed by atoms with van der Waals surface area (Å²) in [4.78, 5) is 9.11. The van der Waals surface area contributed by atoms with E-state index in [1.54, 1.807) is 0 Å². The Morgan fingerprint density at radius 2 is 2.10 bits per heavy atom. The Kier molecular flexibility index (Phi) is 3.95. The van der Waals surface area contributed by atoms with Gasteiger partial charge in [0.1, 0.15) is 10.4 Å². The summed E-state index contributed by atoms with van der Waals surface area (Å²) < 4.78 is 0.775. The molecule has 0 bridgehead atoms. The van der Waals surface area contributed by atoms with Gasteiger partial charge in [-0.2, -0.15) is 0 Å². The number of hydrogen-bond donors (Lipinski definition) is 2. The first-order chi connectivity index (χ1) is 10.1. The number of aliphatic hydroxyl groups excluding tert-OH is 1. The Bertz CT molecular complexity index is 675. The van der Waals surface area contributed by atoms with E-state index in [4.69, 9.17) is 0 Å². The molecule has 3 rings (SSSR count).